The smallest absolute Gasteiger partial charge is 0.0484 e. The van der Waals surface area contributed by atoms with Crippen LogP contribution in [-0.4, -0.2) is 12.4 Å². The lowest BCUT2D eigenvalue weighted by Gasteiger charge is -2.29. The van der Waals surface area contributed by atoms with Crippen LogP contribution in [0.5, 0.6) is 0 Å². The van der Waals surface area contributed by atoms with E-state index in [2.05, 4.69) is 72.5 Å². The Labute approximate surface area is 125 Å². The fourth-order valence-corrected chi connectivity index (χ4v) is 2.71. The Bertz CT molecular complexity index is 583. The fraction of sp³-hybridized carbons (Fsp3) is 0.222. The summed E-state index contributed by atoms with van der Waals surface area (Å²) < 4.78 is 0. The highest BCUT2D eigenvalue weighted by Gasteiger charge is 2.18. The van der Waals surface area contributed by atoms with E-state index in [1.54, 1.807) is 0 Å². The van der Waals surface area contributed by atoms with Crippen LogP contribution >= 0.6 is 11.6 Å². The number of benzene rings is 2. The van der Waals surface area contributed by atoms with Crippen molar-refractivity contribution in [1.82, 2.24) is 0 Å². The number of alkyl halides is 1. The quantitative estimate of drug-likeness (QED) is 0.701. The van der Waals surface area contributed by atoms with Gasteiger partial charge in [-0.1, -0.05) is 55.5 Å². The third kappa shape index (κ3) is 2.46. The van der Waals surface area contributed by atoms with Crippen molar-refractivity contribution in [3.05, 3.63) is 59.7 Å². The van der Waals surface area contributed by atoms with Crippen LogP contribution in [0.4, 0.5) is 11.4 Å². The fourth-order valence-electron chi connectivity index (χ4n) is 2.62. The van der Waals surface area contributed by atoms with E-state index in [0.717, 1.165) is 6.54 Å². The first kappa shape index (κ1) is 13.3. The van der Waals surface area contributed by atoms with Crippen molar-refractivity contribution >= 4 is 35.1 Å². The van der Waals surface area contributed by atoms with Crippen molar-refractivity contribution in [3.63, 3.8) is 0 Å². The summed E-state index contributed by atoms with van der Waals surface area (Å²) in [6, 6.07) is 17.1. The first-order valence-corrected chi connectivity index (χ1v) is 7.52. The second-order valence-electron chi connectivity index (χ2n) is 5.32. The molecule has 0 amide bonds. The summed E-state index contributed by atoms with van der Waals surface area (Å²) in [6.45, 7) is 3.12. The van der Waals surface area contributed by atoms with Gasteiger partial charge in [-0.25, -0.2) is 0 Å². The third-order valence-corrected chi connectivity index (χ3v) is 4.18. The molecule has 1 unspecified atom stereocenters. The van der Waals surface area contributed by atoms with Crippen LogP contribution < -0.4 is 4.90 Å². The highest BCUT2D eigenvalue weighted by molar-refractivity contribution is 6.18. The molecule has 0 bridgehead atoms. The van der Waals surface area contributed by atoms with E-state index in [9.17, 15) is 0 Å². The average molecular weight is 284 g/mol. The average Bonchev–Trinajstić information content (AvgIpc) is 2.65. The summed E-state index contributed by atoms with van der Waals surface area (Å²) in [5.74, 6) is 1.12. The second-order valence-corrected chi connectivity index (χ2v) is 5.63. The van der Waals surface area contributed by atoms with Crippen LogP contribution in [0.1, 0.15) is 18.1 Å². The SMILES string of the molecule is CC(CCl)CN1c2ccccc2C=Cc2ccccc21. The van der Waals surface area contributed by atoms with Gasteiger partial charge in [0.15, 0.2) is 0 Å². The van der Waals surface area contributed by atoms with Crippen molar-refractivity contribution in [2.75, 3.05) is 17.3 Å². The van der Waals surface area contributed by atoms with Gasteiger partial charge in [0.05, 0.1) is 0 Å². The van der Waals surface area contributed by atoms with Crippen LogP contribution in [-0.2, 0) is 0 Å². The number of nitrogens with zero attached hydrogens (tertiary/aromatic N) is 1. The minimum absolute atomic E-state index is 0.441. The summed E-state index contributed by atoms with van der Waals surface area (Å²) in [5, 5.41) is 0. The normalized spacial score (nSPS) is 14.4. The van der Waals surface area contributed by atoms with Gasteiger partial charge in [0.1, 0.15) is 0 Å². The molecule has 1 heterocycles. The van der Waals surface area contributed by atoms with Gasteiger partial charge < -0.3 is 4.90 Å². The lowest BCUT2D eigenvalue weighted by Crippen LogP contribution is -2.25. The Morgan fingerprint density at radius 1 is 0.900 bits per heavy atom. The van der Waals surface area contributed by atoms with Gasteiger partial charge >= 0.3 is 0 Å². The molecule has 2 aromatic rings. The largest absolute Gasteiger partial charge is 0.340 e. The van der Waals surface area contributed by atoms with Crippen LogP contribution in [0, 0.1) is 5.92 Å². The summed E-state index contributed by atoms with van der Waals surface area (Å²) in [5.41, 5.74) is 5.02. The number of hydrogen-bond donors (Lipinski definition) is 0. The summed E-state index contributed by atoms with van der Waals surface area (Å²) >= 11 is 6.02. The van der Waals surface area contributed by atoms with E-state index in [-0.39, 0.29) is 0 Å². The first-order chi connectivity index (χ1) is 9.79. The highest BCUT2D eigenvalue weighted by Crippen LogP contribution is 2.36. The minimum Gasteiger partial charge on any atom is -0.340 e. The molecule has 20 heavy (non-hydrogen) atoms. The van der Waals surface area contributed by atoms with Gasteiger partial charge in [0, 0.05) is 23.8 Å². The summed E-state index contributed by atoms with van der Waals surface area (Å²) in [4.78, 5) is 2.39. The molecular weight excluding hydrogens is 266 g/mol. The third-order valence-electron chi connectivity index (χ3n) is 3.66. The molecule has 3 rings (SSSR count). The molecular formula is C18H18ClN. The Hall–Kier alpha value is -1.73. The lowest BCUT2D eigenvalue weighted by atomic mass is 10.1. The van der Waals surface area contributed by atoms with Crippen molar-refractivity contribution < 1.29 is 0 Å². The van der Waals surface area contributed by atoms with E-state index >= 15 is 0 Å². The molecule has 0 spiro atoms. The number of anilines is 2. The second kappa shape index (κ2) is 5.72. The van der Waals surface area contributed by atoms with E-state index < -0.39 is 0 Å². The molecule has 102 valence electrons. The number of fused-ring (bicyclic) bond motifs is 2. The molecule has 2 aromatic carbocycles. The molecule has 0 saturated heterocycles. The maximum absolute atomic E-state index is 6.02. The predicted octanol–water partition coefficient (Wildman–Crippen LogP) is 5.18. The minimum atomic E-state index is 0.441. The molecule has 1 aliphatic rings. The molecule has 1 nitrogen and oxygen atoms in total. The van der Waals surface area contributed by atoms with Gasteiger partial charge in [-0.05, 0) is 29.2 Å². The van der Waals surface area contributed by atoms with Crippen LogP contribution in [0.15, 0.2) is 48.5 Å². The van der Waals surface area contributed by atoms with Crippen molar-refractivity contribution in [1.29, 1.82) is 0 Å². The maximum Gasteiger partial charge on any atom is 0.0484 e. The van der Waals surface area contributed by atoms with Crippen LogP contribution in [0.25, 0.3) is 12.2 Å². The molecule has 1 aliphatic heterocycles. The lowest BCUT2D eigenvalue weighted by molar-refractivity contribution is 0.658. The first-order valence-electron chi connectivity index (χ1n) is 6.99. The Morgan fingerprint density at radius 2 is 1.40 bits per heavy atom. The molecule has 0 aromatic heterocycles. The van der Waals surface area contributed by atoms with Crippen molar-refractivity contribution in [3.8, 4) is 0 Å². The Kier molecular flexibility index (Phi) is 3.79. The zero-order chi connectivity index (χ0) is 13.9. The number of hydrogen-bond acceptors (Lipinski definition) is 1. The van der Waals surface area contributed by atoms with E-state index in [4.69, 9.17) is 11.6 Å². The van der Waals surface area contributed by atoms with Gasteiger partial charge in [-0.15, -0.1) is 11.6 Å². The molecule has 0 fully saturated rings. The molecule has 0 radical (unpaired) electrons. The number of para-hydroxylation sites is 2. The molecule has 0 N–H and O–H groups in total. The van der Waals surface area contributed by atoms with Crippen LogP contribution in [0.3, 0.4) is 0 Å². The zero-order valence-electron chi connectivity index (χ0n) is 11.6. The monoisotopic (exact) mass is 283 g/mol. The highest BCUT2D eigenvalue weighted by atomic mass is 35.5. The van der Waals surface area contributed by atoms with Gasteiger partial charge in [0.2, 0.25) is 0 Å². The van der Waals surface area contributed by atoms with Gasteiger partial charge in [0.25, 0.3) is 0 Å². The Morgan fingerprint density at radius 3 is 1.90 bits per heavy atom. The summed E-state index contributed by atoms with van der Waals surface area (Å²) in [6.07, 6.45) is 4.39. The standard InChI is InChI=1S/C18H18ClN/c1-14(12-19)13-20-17-8-4-2-6-15(17)10-11-16-7-3-5-9-18(16)20/h2-11,14H,12-13H2,1H3. The molecule has 1 atom stereocenters. The Balaban J connectivity index is 2.13. The molecule has 2 heteroatoms. The van der Waals surface area contributed by atoms with Crippen molar-refractivity contribution in [2.24, 2.45) is 5.92 Å². The topological polar surface area (TPSA) is 3.24 Å². The predicted molar refractivity (Wildman–Crippen MR) is 88.7 cm³/mol. The van der Waals surface area contributed by atoms with Crippen LogP contribution in [0.2, 0.25) is 0 Å². The van der Waals surface area contributed by atoms with Gasteiger partial charge in [-0.3, -0.25) is 0 Å². The maximum atomic E-state index is 6.02. The number of rotatable bonds is 3. The molecule has 0 aliphatic carbocycles. The number of halogens is 1. The van der Waals surface area contributed by atoms with E-state index in [1.165, 1.54) is 22.5 Å². The van der Waals surface area contributed by atoms with E-state index in [1.807, 2.05) is 0 Å². The zero-order valence-corrected chi connectivity index (χ0v) is 12.3. The van der Waals surface area contributed by atoms with Crippen molar-refractivity contribution in [2.45, 2.75) is 6.92 Å². The molecule has 0 saturated carbocycles. The van der Waals surface area contributed by atoms with E-state index in [0.29, 0.717) is 11.8 Å². The summed E-state index contributed by atoms with van der Waals surface area (Å²) in [7, 11) is 0. The van der Waals surface area contributed by atoms with Gasteiger partial charge in [-0.2, -0.15) is 0 Å².